The van der Waals surface area contributed by atoms with Crippen molar-refractivity contribution < 1.29 is 22.7 Å². The van der Waals surface area contributed by atoms with E-state index in [2.05, 4.69) is 21.6 Å². The minimum absolute atomic E-state index is 0.00740. The number of ketones is 1. The van der Waals surface area contributed by atoms with Gasteiger partial charge in [0.2, 0.25) is 10.0 Å². The molecule has 0 saturated heterocycles. The fraction of sp³-hybridized carbons (Fsp3) is 0.476. The summed E-state index contributed by atoms with van der Waals surface area (Å²) in [5, 5.41) is 0.859. The number of carbonyl (C=O) groups is 1. The van der Waals surface area contributed by atoms with Crippen LogP contribution in [-0.4, -0.2) is 50.2 Å². The average Bonchev–Trinajstić information content (AvgIpc) is 2.72. The van der Waals surface area contributed by atoms with Crippen LogP contribution in [0.4, 0.5) is 0 Å². The first-order valence-electron chi connectivity index (χ1n) is 9.98. The van der Waals surface area contributed by atoms with Gasteiger partial charge in [0.1, 0.15) is 0 Å². The molecule has 0 atom stereocenters. The molecule has 0 radical (unpaired) electrons. The van der Waals surface area contributed by atoms with Crippen molar-refractivity contribution in [1.82, 2.24) is 14.7 Å². The Morgan fingerprint density at radius 1 is 1.09 bits per heavy atom. The molecule has 1 aromatic heterocycles. The molecule has 176 valence electrons. The molecule has 1 aromatic carbocycles. The van der Waals surface area contributed by atoms with Crippen LogP contribution >= 0.6 is 23.2 Å². The largest absolute Gasteiger partial charge is 0.490 e. The van der Waals surface area contributed by atoms with Crippen molar-refractivity contribution in [3.63, 3.8) is 0 Å². The summed E-state index contributed by atoms with van der Waals surface area (Å²) in [4.78, 5) is 20.0. The molecule has 0 saturated carbocycles. The average molecular weight is 504 g/mol. The minimum atomic E-state index is -3.45. The van der Waals surface area contributed by atoms with E-state index in [9.17, 15) is 13.2 Å². The van der Waals surface area contributed by atoms with Gasteiger partial charge in [0, 0.05) is 17.8 Å². The first kappa shape index (κ1) is 26.3. The van der Waals surface area contributed by atoms with Crippen LogP contribution in [0.1, 0.15) is 44.7 Å². The van der Waals surface area contributed by atoms with E-state index in [4.69, 9.17) is 32.7 Å². The van der Waals surface area contributed by atoms with Crippen LogP contribution in [-0.2, 0) is 20.2 Å². The number of sulfonamides is 1. The van der Waals surface area contributed by atoms with Crippen molar-refractivity contribution in [2.75, 3.05) is 26.0 Å². The van der Waals surface area contributed by atoms with E-state index in [1.165, 1.54) is 0 Å². The van der Waals surface area contributed by atoms with Crippen molar-refractivity contribution >= 4 is 39.0 Å². The molecule has 2 aromatic rings. The fourth-order valence-corrected chi connectivity index (χ4v) is 3.68. The third-order valence-electron chi connectivity index (χ3n) is 4.71. The van der Waals surface area contributed by atoms with Gasteiger partial charge in [0.25, 0.3) is 0 Å². The van der Waals surface area contributed by atoms with Gasteiger partial charge in [0.15, 0.2) is 18.1 Å². The van der Waals surface area contributed by atoms with E-state index < -0.39 is 21.2 Å². The van der Waals surface area contributed by atoms with E-state index in [0.29, 0.717) is 22.4 Å². The molecule has 11 heteroatoms. The van der Waals surface area contributed by atoms with Crippen LogP contribution in [0.15, 0.2) is 24.5 Å². The van der Waals surface area contributed by atoms with Gasteiger partial charge in [0.05, 0.1) is 29.5 Å². The molecule has 32 heavy (non-hydrogen) atoms. The summed E-state index contributed by atoms with van der Waals surface area (Å²) < 4.78 is 35.1. The predicted octanol–water partition coefficient (Wildman–Crippen LogP) is 3.79. The van der Waals surface area contributed by atoms with Gasteiger partial charge in [-0.15, -0.1) is 0 Å². The molecule has 8 nitrogen and oxygen atoms in total. The number of Topliss-reactive ketones (excluding diaryl/α,β-unsaturated/α-hetero) is 1. The maximum atomic E-state index is 11.7. The summed E-state index contributed by atoms with van der Waals surface area (Å²) in [6, 6.07) is 3.63. The Hall–Kier alpha value is -1.94. The van der Waals surface area contributed by atoms with Gasteiger partial charge in [-0.2, -0.15) is 0 Å². The van der Waals surface area contributed by atoms with Gasteiger partial charge in [-0.05, 0) is 29.7 Å². The second-order valence-electron chi connectivity index (χ2n) is 7.77. The highest BCUT2D eigenvalue weighted by molar-refractivity contribution is 7.88. The molecule has 1 heterocycles. The van der Waals surface area contributed by atoms with Gasteiger partial charge in [-0.3, -0.25) is 4.79 Å². The van der Waals surface area contributed by atoms with E-state index in [1.807, 2.05) is 26.0 Å². The monoisotopic (exact) mass is 503 g/mol. The van der Waals surface area contributed by atoms with Crippen LogP contribution in [0.2, 0.25) is 10.0 Å². The summed E-state index contributed by atoms with van der Waals surface area (Å²) in [7, 11) is -3.45. The molecule has 0 aliphatic rings. The summed E-state index contributed by atoms with van der Waals surface area (Å²) >= 11 is 12.8. The molecule has 0 bridgehead atoms. The zero-order chi connectivity index (χ0) is 23.9. The topological polar surface area (TPSA) is 107 Å². The summed E-state index contributed by atoms with van der Waals surface area (Å²) in [5.41, 5.74) is 1.11. The zero-order valence-corrected chi connectivity index (χ0v) is 20.8. The number of unbranched alkanes of at least 4 members (excludes halogenated alkanes) is 1. The Labute approximate surface area is 198 Å². The molecule has 0 amide bonds. The number of hydrogen-bond acceptors (Lipinski definition) is 7. The lowest BCUT2D eigenvalue weighted by Crippen LogP contribution is -2.31. The summed E-state index contributed by atoms with van der Waals surface area (Å²) in [6.07, 6.45) is 6.07. The number of hydrogen-bond donors (Lipinski definition) is 1. The van der Waals surface area contributed by atoms with E-state index >= 15 is 0 Å². The zero-order valence-electron chi connectivity index (χ0n) is 18.4. The smallest absolute Gasteiger partial charge is 0.316 e. The van der Waals surface area contributed by atoms with Gasteiger partial charge >= 0.3 is 6.01 Å². The molecular weight excluding hydrogens is 477 g/mol. The normalized spacial score (nSPS) is 11.9. The van der Waals surface area contributed by atoms with Crippen LogP contribution in [0.5, 0.6) is 11.8 Å². The lowest BCUT2D eigenvalue weighted by Gasteiger charge is -2.26. The number of benzene rings is 1. The van der Waals surface area contributed by atoms with E-state index in [0.717, 1.165) is 30.2 Å². The van der Waals surface area contributed by atoms with Crippen molar-refractivity contribution in [2.45, 2.75) is 39.0 Å². The van der Waals surface area contributed by atoms with Crippen molar-refractivity contribution in [1.29, 1.82) is 0 Å². The number of rotatable bonds is 12. The Morgan fingerprint density at radius 2 is 1.69 bits per heavy atom. The number of nitrogens with one attached hydrogen (secondary N) is 1. The second kappa shape index (κ2) is 11.3. The van der Waals surface area contributed by atoms with Crippen LogP contribution in [0, 0.1) is 0 Å². The fourth-order valence-electron chi connectivity index (χ4n) is 2.66. The first-order valence-corrected chi connectivity index (χ1v) is 12.6. The SMILES string of the molecule is CCCCOc1c(Cl)cc(C(C)(C)c2cnc(OCC(=O)CNS(C)(=O)=O)nc2)cc1Cl. The van der Waals surface area contributed by atoms with Crippen molar-refractivity contribution in [3.05, 3.63) is 45.7 Å². The van der Waals surface area contributed by atoms with Gasteiger partial charge < -0.3 is 9.47 Å². The molecule has 0 spiro atoms. The van der Waals surface area contributed by atoms with E-state index in [-0.39, 0.29) is 19.2 Å². The lowest BCUT2D eigenvalue weighted by atomic mass is 9.79. The third kappa shape index (κ3) is 7.58. The number of carbonyl (C=O) groups excluding carboxylic acids is 1. The Balaban J connectivity index is 2.08. The highest BCUT2D eigenvalue weighted by Gasteiger charge is 2.26. The maximum absolute atomic E-state index is 11.7. The number of nitrogens with zero attached hydrogens (tertiary/aromatic N) is 2. The van der Waals surface area contributed by atoms with Gasteiger partial charge in [-0.1, -0.05) is 50.4 Å². The molecule has 0 fully saturated rings. The van der Waals surface area contributed by atoms with E-state index in [1.54, 1.807) is 12.4 Å². The van der Waals surface area contributed by atoms with Gasteiger partial charge in [-0.25, -0.2) is 23.1 Å². The number of ether oxygens (including phenoxy) is 2. The molecule has 2 rings (SSSR count). The number of aromatic nitrogens is 2. The highest BCUT2D eigenvalue weighted by Crippen LogP contribution is 2.40. The quantitative estimate of drug-likeness (QED) is 0.439. The second-order valence-corrected chi connectivity index (χ2v) is 10.4. The summed E-state index contributed by atoms with van der Waals surface area (Å²) in [5.74, 6) is 0.0188. The Kier molecular flexibility index (Phi) is 9.27. The van der Waals surface area contributed by atoms with Crippen LogP contribution in [0.3, 0.4) is 0 Å². The molecular formula is C21H27Cl2N3O5S. The Morgan fingerprint density at radius 3 is 2.22 bits per heavy atom. The molecule has 0 aliphatic heterocycles. The predicted molar refractivity (Wildman–Crippen MR) is 124 cm³/mol. The lowest BCUT2D eigenvalue weighted by molar-refractivity contribution is -0.120. The van der Waals surface area contributed by atoms with Crippen LogP contribution in [0.25, 0.3) is 0 Å². The number of halogens is 2. The summed E-state index contributed by atoms with van der Waals surface area (Å²) in [6.45, 7) is 5.86. The minimum Gasteiger partial charge on any atom is -0.490 e. The molecule has 0 aliphatic carbocycles. The first-order chi connectivity index (χ1) is 14.9. The Bertz CT molecular complexity index is 1020. The maximum Gasteiger partial charge on any atom is 0.316 e. The van der Waals surface area contributed by atoms with Crippen molar-refractivity contribution in [2.24, 2.45) is 0 Å². The van der Waals surface area contributed by atoms with Crippen molar-refractivity contribution in [3.8, 4) is 11.8 Å². The van der Waals surface area contributed by atoms with Crippen LogP contribution < -0.4 is 14.2 Å². The molecule has 1 N–H and O–H groups in total. The highest BCUT2D eigenvalue weighted by atomic mass is 35.5. The third-order valence-corrected chi connectivity index (χ3v) is 5.94. The standard InChI is InChI=1S/C21H27Cl2N3O5S/c1-5-6-7-30-19-17(22)8-14(9-18(19)23)21(2,3)15-10-24-20(25-11-15)31-13-16(27)12-26-32(4,28)29/h8-11,26H,5-7,12-13H2,1-4H3. The molecule has 0 unspecified atom stereocenters.